The molecule has 0 saturated carbocycles. The summed E-state index contributed by atoms with van der Waals surface area (Å²) in [5.74, 6) is -0.224. The molecule has 0 saturated heterocycles. The fraction of sp³-hybridized carbons (Fsp3) is 0.300. The van der Waals surface area contributed by atoms with E-state index in [2.05, 4.69) is 15.6 Å². The largest absolute Gasteiger partial charge is 0.384 e. The molecule has 0 aliphatic heterocycles. The molecule has 0 atom stereocenters. The quantitative estimate of drug-likeness (QED) is 0.641. The zero-order valence-electron chi connectivity index (χ0n) is 8.99. The van der Waals surface area contributed by atoms with Gasteiger partial charge in [0, 0.05) is 12.7 Å². The van der Waals surface area contributed by atoms with Crippen LogP contribution in [-0.4, -0.2) is 29.9 Å². The molecule has 0 unspecified atom stereocenters. The highest BCUT2D eigenvalue weighted by molar-refractivity contribution is 5.96. The number of nitrogens with two attached hydrogens (primary N) is 1. The fourth-order valence-corrected chi connectivity index (χ4v) is 1.06. The van der Waals surface area contributed by atoms with Crippen LogP contribution >= 0.6 is 0 Å². The number of aromatic nitrogens is 1. The predicted molar refractivity (Wildman–Crippen MR) is 59.7 cm³/mol. The zero-order chi connectivity index (χ0) is 12.0. The Labute approximate surface area is 93.2 Å². The second-order valence-electron chi connectivity index (χ2n) is 3.11. The average Bonchev–Trinajstić information content (AvgIpc) is 2.27. The molecule has 0 aliphatic carbocycles. The van der Waals surface area contributed by atoms with Crippen molar-refractivity contribution in [1.29, 1.82) is 0 Å². The van der Waals surface area contributed by atoms with Gasteiger partial charge in [0.1, 0.15) is 5.82 Å². The summed E-state index contributed by atoms with van der Waals surface area (Å²) in [5, 5.41) is 5.04. The van der Waals surface area contributed by atoms with E-state index in [0.29, 0.717) is 17.9 Å². The van der Waals surface area contributed by atoms with Gasteiger partial charge < -0.3 is 16.4 Å². The number of rotatable bonds is 4. The number of hydrogen-bond acceptors (Lipinski definition) is 4. The number of anilines is 1. The lowest BCUT2D eigenvalue weighted by molar-refractivity contribution is -0.120. The van der Waals surface area contributed by atoms with E-state index in [-0.39, 0.29) is 18.4 Å². The van der Waals surface area contributed by atoms with E-state index in [1.54, 1.807) is 6.07 Å². The maximum absolute atomic E-state index is 11.5. The van der Waals surface area contributed by atoms with Crippen molar-refractivity contribution < 1.29 is 9.59 Å². The summed E-state index contributed by atoms with van der Waals surface area (Å²) in [5.41, 5.74) is 5.76. The summed E-state index contributed by atoms with van der Waals surface area (Å²) in [6.07, 6.45) is 1.36. The van der Waals surface area contributed by atoms with Crippen molar-refractivity contribution in [3.63, 3.8) is 0 Å². The molecule has 2 amide bonds. The van der Waals surface area contributed by atoms with Crippen LogP contribution in [0.5, 0.6) is 0 Å². The van der Waals surface area contributed by atoms with Crippen molar-refractivity contribution in [3.05, 3.63) is 23.9 Å². The smallest absolute Gasteiger partial charge is 0.253 e. The van der Waals surface area contributed by atoms with Crippen LogP contribution in [-0.2, 0) is 4.79 Å². The minimum Gasteiger partial charge on any atom is -0.384 e. The van der Waals surface area contributed by atoms with E-state index in [4.69, 9.17) is 5.73 Å². The fourth-order valence-electron chi connectivity index (χ4n) is 1.06. The van der Waals surface area contributed by atoms with Gasteiger partial charge in [-0.3, -0.25) is 9.59 Å². The van der Waals surface area contributed by atoms with Gasteiger partial charge in [0.2, 0.25) is 5.91 Å². The van der Waals surface area contributed by atoms with Crippen molar-refractivity contribution in [2.45, 2.75) is 6.92 Å². The van der Waals surface area contributed by atoms with E-state index in [0.717, 1.165) is 0 Å². The van der Waals surface area contributed by atoms with Crippen LogP contribution in [0, 0.1) is 0 Å². The lowest BCUT2D eigenvalue weighted by Gasteiger charge is -2.05. The van der Waals surface area contributed by atoms with E-state index >= 15 is 0 Å². The first kappa shape index (κ1) is 12.0. The Morgan fingerprint density at radius 3 is 2.69 bits per heavy atom. The summed E-state index contributed by atoms with van der Waals surface area (Å²) in [6, 6.07) is 3.08. The molecule has 1 aromatic heterocycles. The van der Waals surface area contributed by atoms with Crippen molar-refractivity contribution in [3.8, 4) is 0 Å². The van der Waals surface area contributed by atoms with E-state index in [1.807, 2.05) is 6.92 Å². The molecule has 86 valence electrons. The summed E-state index contributed by atoms with van der Waals surface area (Å²) in [7, 11) is 0. The van der Waals surface area contributed by atoms with E-state index in [9.17, 15) is 9.59 Å². The van der Waals surface area contributed by atoms with Crippen molar-refractivity contribution in [1.82, 2.24) is 15.6 Å². The summed E-state index contributed by atoms with van der Waals surface area (Å²) in [6.45, 7) is 2.30. The van der Waals surface area contributed by atoms with E-state index in [1.165, 1.54) is 12.3 Å². The van der Waals surface area contributed by atoms with Crippen LogP contribution in [0.1, 0.15) is 17.3 Å². The third kappa shape index (κ3) is 3.56. The Morgan fingerprint density at radius 1 is 1.38 bits per heavy atom. The normalized spacial score (nSPS) is 9.56. The SMILES string of the molecule is CCNC(=O)CNC(=O)c1ccc(N)nc1. The molecule has 4 N–H and O–H groups in total. The molecule has 16 heavy (non-hydrogen) atoms. The number of carbonyl (C=O) groups is 2. The Balaban J connectivity index is 2.47. The number of carbonyl (C=O) groups excluding carboxylic acids is 2. The van der Waals surface area contributed by atoms with Gasteiger partial charge in [0.15, 0.2) is 0 Å². The molecule has 1 aromatic rings. The molecule has 1 rings (SSSR count). The second-order valence-corrected chi connectivity index (χ2v) is 3.11. The van der Waals surface area contributed by atoms with Gasteiger partial charge in [0.05, 0.1) is 12.1 Å². The maximum atomic E-state index is 11.5. The summed E-state index contributed by atoms with van der Waals surface area (Å²) < 4.78 is 0. The van der Waals surface area contributed by atoms with Crippen LogP contribution in [0.3, 0.4) is 0 Å². The van der Waals surface area contributed by atoms with Crippen LogP contribution < -0.4 is 16.4 Å². The molecule has 0 aromatic carbocycles. The minimum atomic E-state index is -0.348. The molecule has 1 heterocycles. The zero-order valence-corrected chi connectivity index (χ0v) is 8.99. The van der Waals surface area contributed by atoms with Gasteiger partial charge in [-0.25, -0.2) is 4.98 Å². The molecule has 6 nitrogen and oxygen atoms in total. The first-order valence-corrected chi connectivity index (χ1v) is 4.90. The third-order valence-corrected chi connectivity index (χ3v) is 1.83. The van der Waals surface area contributed by atoms with Crippen molar-refractivity contribution >= 4 is 17.6 Å². The number of likely N-dealkylation sites (N-methyl/N-ethyl adjacent to an activating group) is 1. The van der Waals surface area contributed by atoms with Crippen LogP contribution in [0.15, 0.2) is 18.3 Å². The monoisotopic (exact) mass is 222 g/mol. The number of pyridine rings is 1. The first-order chi connectivity index (χ1) is 7.63. The topological polar surface area (TPSA) is 97.1 Å². The molecular weight excluding hydrogens is 208 g/mol. The standard InChI is InChI=1S/C10H14N4O2/c1-2-12-9(15)6-14-10(16)7-3-4-8(11)13-5-7/h3-5H,2,6H2,1H3,(H2,11,13)(H,12,15)(H,14,16). The highest BCUT2D eigenvalue weighted by Gasteiger charge is 2.07. The Bertz CT molecular complexity index is 375. The lowest BCUT2D eigenvalue weighted by atomic mass is 10.2. The highest BCUT2D eigenvalue weighted by Crippen LogP contribution is 2.00. The first-order valence-electron chi connectivity index (χ1n) is 4.90. The van der Waals surface area contributed by atoms with Gasteiger partial charge in [-0.05, 0) is 19.1 Å². The molecule has 0 aliphatic rings. The molecule has 6 heteroatoms. The Hall–Kier alpha value is -2.11. The van der Waals surface area contributed by atoms with Gasteiger partial charge in [-0.1, -0.05) is 0 Å². The summed E-state index contributed by atoms with van der Waals surface area (Å²) in [4.78, 5) is 26.3. The van der Waals surface area contributed by atoms with Gasteiger partial charge in [-0.15, -0.1) is 0 Å². The third-order valence-electron chi connectivity index (χ3n) is 1.83. The summed E-state index contributed by atoms with van der Waals surface area (Å²) >= 11 is 0. The Kier molecular flexibility index (Phi) is 4.26. The highest BCUT2D eigenvalue weighted by atomic mass is 16.2. The van der Waals surface area contributed by atoms with E-state index < -0.39 is 0 Å². The number of amides is 2. The van der Waals surface area contributed by atoms with Crippen molar-refractivity contribution in [2.24, 2.45) is 0 Å². The molecular formula is C10H14N4O2. The second kappa shape index (κ2) is 5.69. The number of nitrogens with zero attached hydrogens (tertiary/aromatic N) is 1. The average molecular weight is 222 g/mol. The Morgan fingerprint density at radius 2 is 2.12 bits per heavy atom. The molecule has 0 radical (unpaired) electrons. The number of nitrogen functional groups attached to an aromatic ring is 1. The van der Waals surface area contributed by atoms with Crippen LogP contribution in [0.4, 0.5) is 5.82 Å². The van der Waals surface area contributed by atoms with Crippen LogP contribution in [0.2, 0.25) is 0 Å². The lowest BCUT2D eigenvalue weighted by Crippen LogP contribution is -2.36. The van der Waals surface area contributed by atoms with Gasteiger partial charge in [-0.2, -0.15) is 0 Å². The minimum absolute atomic E-state index is 0.0446. The number of nitrogens with one attached hydrogen (secondary N) is 2. The molecule has 0 bridgehead atoms. The number of hydrogen-bond donors (Lipinski definition) is 3. The predicted octanol–water partition coefficient (Wildman–Crippen LogP) is -0.470. The molecule has 0 spiro atoms. The van der Waals surface area contributed by atoms with Gasteiger partial charge in [0.25, 0.3) is 5.91 Å². The maximum Gasteiger partial charge on any atom is 0.253 e. The molecule has 0 fully saturated rings. The van der Waals surface area contributed by atoms with Crippen LogP contribution in [0.25, 0.3) is 0 Å². The van der Waals surface area contributed by atoms with Gasteiger partial charge >= 0.3 is 0 Å². The van der Waals surface area contributed by atoms with Crippen molar-refractivity contribution in [2.75, 3.05) is 18.8 Å².